The zero-order valence-electron chi connectivity index (χ0n) is 16.4. The molecule has 0 radical (unpaired) electrons. The van der Waals surface area contributed by atoms with Crippen molar-refractivity contribution in [3.63, 3.8) is 0 Å². The van der Waals surface area contributed by atoms with E-state index in [1.165, 1.54) is 18.8 Å². The van der Waals surface area contributed by atoms with Gasteiger partial charge in [-0.2, -0.15) is 0 Å². The zero-order valence-corrected chi connectivity index (χ0v) is 16.4. The molecular formula is C20H26N4O4. The van der Waals surface area contributed by atoms with Crippen LogP contribution in [0.5, 0.6) is 17.2 Å². The molecule has 8 heteroatoms. The molecule has 0 aliphatic heterocycles. The highest BCUT2D eigenvalue weighted by Crippen LogP contribution is 2.40. The molecule has 2 aromatic rings. The lowest BCUT2D eigenvalue weighted by Gasteiger charge is -2.22. The van der Waals surface area contributed by atoms with Crippen LogP contribution < -0.4 is 24.8 Å². The zero-order chi connectivity index (χ0) is 19.9. The Morgan fingerprint density at radius 2 is 1.64 bits per heavy atom. The molecule has 8 nitrogen and oxygen atoms in total. The molecular weight excluding hydrogens is 360 g/mol. The van der Waals surface area contributed by atoms with Crippen LogP contribution in [0.4, 0.5) is 11.5 Å². The van der Waals surface area contributed by atoms with Crippen molar-refractivity contribution in [1.29, 1.82) is 0 Å². The molecule has 1 amide bonds. The second-order valence-electron chi connectivity index (χ2n) is 6.63. The summed E-state index contributed by atoms with van der Waals surface area (Å²) in [5.41, 5.74) is 1.00. The predicted octanol–water partition coefficient (Wildman–Crippen LogP) is 3.31. The number of ether oxygens (including phenoxy) is 3. The summed E-state index contributed by atoms with van der Waals surface area (Å²) in [5.74, 6) is 1.89. The van der Waals surface area contributed by atoms with E-state index in [4.69, 9.17) is 14.2 Å². The monoisotopic (exact) mass is 386 g/mol. The molecule has 0 spiro atoms. The van der Waals surface area contributed by atoms with Crippen LogP contribution in [0.3, 0.4) is 0 Å². The van der Waals surface area contributed by atoms with Crippen molar-refractivity contribution in [3.05, 3.63) is 30.2 Å². The fourth-order valence-electron chi connectivity index (χ4n) is 3.32. The summed E-state index contributed by atoms with van der Waals surface area (Å²) in [6, 6.07) is 3.78. The van der Waals surface area contributed by atoms with Crippen LogP contribution in [0.25, 0.3) is 0 Å². The van der Waals surface area contributed by atoms with E-state index >= 15 is 0 Å². The van der Waals surface area contributed by atoms with Crippen LogP contribution in [-0.2, 0) is 0 Å². The molecule has 1 heterocycles. The summed E-state index contributed by atoms with van der Waals surface area (Å²) >= 11 is 0. The van der Waals surface area contributed by atoms with Gasteiger partial charge in [-0.15, -0.1) is 0 Å². The van der Waals surface area contributed by atoms with Gasteiger partial charge in [-0.25, -0.2) is 9.97 Å². The Morgan fingerprint density at radius 3 is 2.18 bits per heavy atom. The molecule has 3 rings (SSSR count). The van der Waals surface area contributed by atoms with Gasteiger partial charge in [0.1, 0.15) is 11.5 Å². The number of aromatic nitrogens is 2. The third kappa shape index (κ3) is 4.62. The van der Waals surface area contributed by atoms with Crippen molar-refractivity contribution >= 4 is 17.4 Å². The fraction of sp³-hybridized carbons (Fsp3) is 0.450. The lowest BCUT2D eigenvalue weighted by molar-refractivity contribution is 0.0922. The maximum Gasteiger partial charge on any atom is 0.271 e. The van der Waals surface area contributed by atoms with Crippen molar-refractivity contribution < 1.29 is 19.0 Å². The first-order chi connectivity index (χ1) is 13.6. The van der Waals surface area contributed by atoms with Gasteiger partial charge in [-0.3, -0.25) is 4.79 Å². The average molecular weight is 386 g/mol. The molecule has 0 unspecified atom stereocenters. The molecule has 28 heavy (non-hydrogen) atoms. The quantitative estimate of drug-likeness (QED) is 0.754. The Balaban J connectivity index is 1.69. The van der Waals surface area contributed by atoms with Gasteiger partial charge in [0.15, 0.2) is 11.5 Å². The molecule has 2 N–H and O–H groups in total. The summed E-state index contributed by atoms with van der Waals surface area (Å²) in [5, 5.41) is 6.17. The van der Waals surface area contributed by atoms with Gasteiger partial charge in [-0.05, 0) is 12.8 Å². The SMILES string of the molecule is COc1cc(Nc2cnc(C(=O)NC3CCCCC3)cn2)cc(OC)c1OC. The summed E-state index contributed by atoms with van der Waals surface area (Å²) in [6.07, 6.45) is 8.62. The normalized spacial score (nSPS) is 14.2. The summed E-state index contributed by atoms with van der Waals surface area (Å²) in [6.45, 7) is 0. The molecule has 1 fully saturated rings. The molecule has 150 valence electrons. The van der Waals surface area contributed by atoms with Crippen LogP contribution in [0.2, 0.25) is 0 Å². The summed E-state index contributed by atoms with van der Waals surface area (Å²) in [7, 11) is 4.66. The number of carbonyl (C=O) groups excluding carboxylic acids is 1. The average Bonchev–Trinajstić information content (AvgIpc) is 2.74. The molecule has 0 bridgehead atoms. The van der Waals surface area contributed by atoms with Crippen molar-refractivity contribution in [2.75, 3.05) is 26.6 Å². The van der Waals surface area contributed by atoms with Gasteiger partial charge in [0.25, 0.3) is 5.91 Å². The number of amides is 1. The highest BCUT2D eigenvalue weighted by Gasteiger charge is 2.18. The number of anilines is 2. The van der Waals surface area contributed by atoms with Crippen LogP contribution in [0.1, 0.15) is 42.6 Å². The van der Waals surface area contributed by atoms with Gasteiger partial charge >= 0.3 is 0 Å². The second kappa shape index (κ2) is 9.25. The van der Waals surface area contributed by atoms with E-state index in [2.05, 4.69) is 20.6 Å². The van der Waals surface area contributed by atoms with Gasteiger partial charge in [0.2, 0.25) is 5.75 Å². The van der Waals surface area contributed by atoms with E-state index in [9.17, 15) is 4.79 Å². The molecule has 1 aliphatic carbocycles. The molecule has 1 aromatic heterocycles. The van der Waals surface area contributed by atoms with Gasteiger partial charge in [0.05, 0.1) is 33.7 Å². The minimum Gasteiger partial charge on any atom is -0.493 e. The number of hydrogen-bond donors (Lipinski definition) is 2. The van der Waals surface area contributed by atoms with Crippen molar-refractivity contribution in [1.82, 2.24) is 15.3 Å². The first-order valence-electron chi connectivity index (χ1n) is 9.34. The van der Waals surface area contributed by atoms with Crippen molar-refractivity contribution in [2.24, 2.45) is 0 Å². The standard InChI is InChI=1S/C20H26N4O4/c1-26-16-9-14(10-17(27-2)19(16)28-3)23-18-12-21-15(11-22-18)20(25)24-13-7-5-4-6-8-13/h9-13H,4-8H2,1-3H3,(H,22,23)(H,24,25). The Hall–Kier alpha value is -3.03. The molecule has 1 aromatic carbocycles. The number of methoxy groups -OCH3 is 3. The van der Waals surface area contributed by atoms with Gasteiger partial charge < -0.3 is 24.8 Å². The maximum absolute atomic E-state index is 12.3. The van der Waals surface area contributed by atoms with Crippen molar-refractivity contribution in [3.8, 4) is 17.2 Å². The van der Waals surface area contributed by atoms with Gasteiger partial charge in [-0.1, -0.05) is 19.3 Å². The Bertz CT molecular complexity index is 779. The van der Waals surface area contributed by atoms with E-state index in [1.54, 1.807) is 33.5 Å². The van der Waals surface area contributed by atoms with Crippen molar-refractivity contribution in [2.45, 2.75) is 38.1 Å². The number of nitrogens with one attached hydrogen (secondary N) is 2. The first kappa shape index (κ1) is 19.7. The van der Waals surface area contributed by atoms with Gasteiger partial charge in [0, 0.05) is 23.9 Å². The largest absolute Gasteiger partial charge is 0.493 e. The molecule has 1 aliphatic rings. The number of carbonyl (C=O) groups is 1. The highest BCUT2D eigenvalue weighted by atomic mass is 16.5. The number of nitrogens with zero attached hydrogens (tertiary/aromatic N) is 2. The smallest absolute Gasteiger partial charge is 0.271 e. The minimum atomic E-state index is -0.182. The Labute approximate surface area is 164 Å². The van der Waals surface area contributed by atoms with E-state index in [-0.39, 0.29) is 11.9 Å². The maximum atomic E-state index is 12.3. The molecule has 1 saturated carbocycles. The predicted molar refractivity (Wildman–Crippen MR) is 106 cm³/mol. The number of benzene rings is 1. The third-order valence-corrected chi connectivity index (χ3v) is 4.76. The summed E-state index contributed by atoms with van der Waals surface area (Å²) in [4.78, 5) is 20.9. The molecule has 0 saturated heterocycles. The number of rotatable bonds is 7. The third-order valence-electron chi connectivity index (χ3n) is 4.76. The number of hydrogen-bond acceptors (Lipinski definition) is 7. The fourth-order valence-corrected chi connectivity index (χ4v) is 3.32. The first-order valence-corrected chi connectivity index (χ1v) is 9.34. The van der Waals surface area contributed by atoms with Crippen LogP contribution >= 0.6 is 0 Å². The van der Waals surface area contributed by atoms with Crippen LogP contribution in [-0.4, -0.2) is 43.2 Å². The van der Waals surface area contributed by atoms with E-state index in [0.29, 0.717) is 34.4 Å². The van der Waals surface area contributed by atoms with E-state index in [0.717, 1.165) is 25.7 Å². The summed E-state index contributed by atoms with van der Waals surface area (Å²) < 4.78 is 16.0. The molecule has 0 atom stereocenters. The van der Waals surface area contributed by atoms with Crippen LogP contribution in [0, 0.1) is 0 Å². The highest BCUT2D eigenvalue weighted by molar-refractivity contribution is 5.92. The lowest BCUT2D eigenvalue weighted by atomic mass is 9.95. The Morgan fingerprint density at radius 1 is 0.964 bits per heavy atom. The second-order valence-corrected chi connectivity index (χ2v) is 6.63. The topological polar surface area (TPSA) is 94.6 Å². The van der Waals surface area contributed by atoms with Crippen LogP contribution in [0.15, 0.2) is 24.5 Å². The minimum absolute atomic E-state index is 0.182. The Kier molecular flexibility index (Phi) is 6.52. The lowest BCUT2D eigenvalue weighted by Crippen LogP contribution is -2.36. The van der Waals surface area contributed by atoms with E-state index < -0.39 is 0 Å². The van der Waals surface area contributed by atoms with E-state index in [1.807, 2.05) is 0 Å².